The fraction of sp³-hybridized carbons (Fsp3) is 0.909. The molecular weight excluding hydrogens is 272 g/mol. The second-order valence-corrected chi connectivity index (χ2v) is 5.54. The number of amides is 1. The van der Waals surface area contributed by atoms with Crippen LogP contribution in [0.3, 0.4) is 0 Å². The van der Waals surface area contributed by atoms with Gasteiger partial charge in [-0.2, -0.15) is 27.0 Å². The molecule has 0 radical (unpaired) electrons. The van der Waals surface area contributed by atoms with Gasteiger partial charge >= 0.3 is 6.09 Å². The Bertz CT molecular complexity index is 297. The van der Waals surface area contributed by atoms with E-state index in [0.717, 1.165) is 13.0 Å². The number of nitrogens with one attached hydrogen (secondary N) is 1. The monoisotopic (exact) mass is 296 g/mol. The molecule has 5 nitrogen and oxygen atoms in total. The highest BCUT2D eigenvalue weighted by Gasteiger charge is 2.46. The SMILES string of the molecule is CC(C)(C)OC(=O)N1C[C@H](O)[C@H]2NCC[C@H]21.S.S. The van der Waals surface area contributed by atoms with Crippen LogP contribution in [-0.2, 0) is 4.74 Å². The molecule has 108 valence electrons. The van der Waals surface area contributed by atoms with Gasteiger partial charge < -0.3 is 20.1 Å². The minimum atomic E-state index is -0.480. The third-order valence-electron chi connectivity index (χ3n) is 3.06. The van der Waals surface area contributed by atoms with Crippen molar-refractivity contribution in [1.82, 2.24) is 10.2 Å². The minimum Gasteiger partial charge on any atom is -0.444 e. The largest absolute Gasteiger partial charge is 0.444 e. The Morgan fingerprint density at radius 1 is 1.39 bits per heavy atom. The number of hydrogen-bond acceptors (Lipinski definition) is 4. The van der Waals surface area contributed by atoms with E-state index in [4.69, 9.17) is 4.74 Å². The lowest BCUT2D eigenvalue weighted by molar-refractivity contribution is 0.0209. The minimum absolute atomic E-state index is 0. The highest BCUT2D eigenvalue weighted by Crippen LogP contribution is 2.27. The van der Waals surface area contributed by atoms with Gasteiger partial charge in [0.1, 0.15) is 5.60 Å². The van der Waals surface area contributed by atoms with Crippen LogP contribution in [0.15, 0.2) is 0 Å². The summed E-state index contributed by atoms with van der Waals surface area (Å²) in [7, 11) is 0. The second-order valence-electron chi connectivity index (χ2n) is 5.54. The predicted octanol–water partition coefficient (Wildman–Crippen LogP) is 0.554. The summed E-state index contributed by atoms with van der Waals surface area (Å²) >= 11 is 0. The highest BCUT2D eigenvalue weighted by molar-refractivity contribution is 7.59. The van der Waals surface area contributed by atoms with Crippen LogP contribution in [0.2, 0.25) is 0 Å². The molecule has 0 spiro atoms. The Hall–Kier alpha value is -0.110. The first-order chi connectivity index (χ1) is 7.38. The number of aliphatic hydroxyl groups is 1. The maximum absolute atomic E-state index is 11.9. The molecule has 3 atom stereocenters. The Labute approximate surface area is 122 Å². The van der Waals surface area contributed by atoms with Crippen molar-refractivity contribution in [2.45, 2.75) is 51.0 Å². The van der Waals surface area contributed by atoms with Crippen molar-refractivity contribution >= 4 is 33.1 Å². The number of β-amino-alcohol motifs (C(OH)–C–C–N with tert-alkyl or cyclic N) is 1. The number of likely N-dealkylation sites (tertiary alicyclic amines) is 1. The number of aliphatic hydroxyl groups excluding tert-OH is 1. The Morgan fingerprint density at radius 2 is 2.00 bits per heavy atom. The zero-order chi connectivity index (χ0) is 11.9. The molecule has 0 aromatic rings. The molecule has 0 aliphatic carbocycles. The number of ether oxygens (including phenoxy) is 1. The van der Waals surface area contributed by atoms with Gasteiger partial charge in [0, 0.05) is 0 Å². The smallest absolute Gasteiger partial charge is 0.410 e. The zero-order valence-electron chi connectivity index (χ0n) is 11.1. The number of nitrogens with zero attached hydrogens (tertiary/aromatic N) is 1. The van der Waals surface area contributed by atoms with E-state index in [9.17, 15) is 9.90 Å². The van der Waals surface area contributed by atoms with E-state index in [2.05, 4.69) is 5.32 Å². The quantitative estimate of drug-likeness (QED) is 0.685. The van der Waals surface area contributed by atoms with E-state index in [-0.39, 0.29) is 45.2 Å². The lowest BCUT2D eigenvalue weighted by Crippen LogP contribution is -2.41. The summed E-state index contributed by atoms with van der Waals surface area (Å²) < 4.78 is 5.33. The normalized spacial score (nSPS) is 30.2. The Kier molecular flexibility index (Phi) is 6.32. The van der Waals surface area contributed by atoms with E-state index in [1.165, 1.54) is 0 Å². The molecule has 0 aromatic carbocycles. The van der Waals surface area contributed by atoms with Crippen LogP contribution in [-0.4, -0.2) is 53.0 Å². The van der Waals surface area contributed by atoms with E-state index < -0.39 is 11.7 Å². The summed E-state index contributed by atoms with van der Waals surface area (Å²) in [6.45, 7) is 6.77. The first-order valence-corrected chi connectivity index (χ1v) is 5.79. The van der Waals surface area contributed by atoms with E-state index in [1.807, 2.05) is 20.8 Å². The summed E-state index contributed by atoms with van der Waals surface area (Å²) in [6, 6.07) is 0.109. The third-order valence-corrected chi connectivity index (χ3v) is 3.06. The molecule has 2 aliphatic rings. The van der Waals surface area contributed by atoms with Crippen molar-refractivity contribution in [1.29, 1.82) is 0 Å². The van der Waals surface area contributed by atoms with Crippen molar-refractivity contribution in [3.05, 3.63) is 0 Å². The van der Waals surface area contributed by atoms with Gasteiger partial charge in [0.25, 0.3) is 0 Å². The van der Waals surface area contributed by atoms with Gasteiger partial charge in [-0.25, -0.2) is 4.79 Å². The van der Waals surface area contributed by atoms with Crippen molar-refractivity contribution in [2.24, 2.45) is 0 Å². The fourth-order valence-corrected chi connectivity index (χ4v) is 2.44. The van der Waals surface area contributed by atoms with Crippen LogP contribution in [0.5, 0.6) is 0 Å². The van der Waals surface area contributed by atoms with Crippen molar-refractivity contribution in [3.63, 3.8) is 0 Å². The van der Waals surface area contributed by atoms with Gasteiger partial charge in [0.05, 0.1) is 24.7 Å². The van der Waals surface area contributed by atoms with Crippen LogP contribution in [0.25, 0.3) is 0 Å². The second kappa shape index (κ2) is 6.36. The van der Waals surface area contributed by atoms with Crippen LogP contribution in [0, 0.1) is 0 Å². The molecule has 1 amide bonds. The number of carbonyl (C=O) groups is 1. The lowest BCUT2D eigenvalue weighted by Gasteiger charge is -2.27. The Balaban J connectivity index is 0.00000144. The molecule has 7 heteroatoms. The van der Waals surface area contributed by atoms with Gasteiger partial charge in [0.2, 0.25) is 0 Å². The van der Waals surface area contributed by atoms with Crippen molar-refractivity contribution in [2.75, 3.05) is 13.1 Å². The zero-order valence-corrected chi connectivity index (χ0v) is 13.1. The average Bonchev–Trinajstić information content (AvgIpc) is 2.66. The number of fused-ring (bicyclic) bond motifs is 1. The standard InChI is InChI=1S/C11H20N2O3.2H2S/c1-11(2,3)16-10(15)13-6-8(14)9-7(13)4-5-12-9;;/h7-9,12,14H,4-6H2,1-3H3;2*1H2/t7-,8+,9+;;/m1../s1. The molecule has 0 bridgehead atoms. The summed E-state index contributed by atoms with van der Waals surface area (Å²) in [5.74, 6) is 0. The molecule has 2 saturated heterocycles. The first kappa shape index (κ1) is 17.9. The third kappa shape index (κ3) is 3.69. The number of hydrogen-bond donors (Lipinski definition) is 2. The lowest BCUT2D eigenvalue weighted by atomic mass is 10.1. The average molecular weight is 296 g/mol. The Morgan fingerprint density at radius 3 is 2.56 bits per heavy atom. The van der Waals surface area contributed by atoms with Gasteiger partial charge in [-0.15, -0.1) is 0 Å². The van der Waals surface area contributed by atoms with Crippen LogP contribution < -0.4 is 5.32 Å². The molecule has 2 aliphatic heterocycles. The molecule has 0 aromatic heterocycles. The molecule has 0 saturated carbocycles. The highest BCUT2D eigenvalue weighted by atomic mass is 32.1. The molecular formula is C11H24N2O3S2. The van der Waals surface area contributed by atoms with Crippen LogP contribution in [0.1, 0.15) is 27.2 Å². The van der Waals surface area contributed by atoms with E-state index >= 15 is 0 Å². The van der Waals surface area contributed by atoms with Crippen LogP contribution >= 0.6 is 27.0 Å². The fourth-order valence-electron chi connectivity index (χ4n) is 2.44. The maximum Gasteiger partial charge on any atom is 0.410 e. The first-order valence-electron chi connectivity index (χ1n) is 5.79. The summed E-state index contributed by atoms with van der Waals surface area (Å²) in [4.78, 5) is 13.6. The molecule has 18 heavy (non-hydrogen) atoms. The molecule has 2 heterocycles. The summed E-state index contributed by atoms with van der Waals surface area (Å²) in [5, 5.41) is 13.0. The van der Waals surface area contributed by atoms with Crippen LogP contribution in [0.4, 0.5) is 4.79 Å². The molecule has 2 N–H and O–H groups in total. The van der Waals surface area contributed by atoms with Crippen molar-refractivity contribution in [3.8, 4) is 0 Å². The summed E-state index contributed by atoms with van der Waals surface area (Å²) in [5.41, 5.74) is -0.480. The maximum atomic E-state index is 11.9. The van der Waals surface area contributed by atoms with Gasteiger partial charge in [-0.1, -0.05) is 0 Å². The predicted molar refractivity (Wildman–Crippen MR) is 79.9 cm³/mol. The number of rotatable bonds is 0. The van der Waals surface area contributed by atoms with Gasteiger partial charge in [0.15, 0.2) is 0 Å². The van der Waals surface area contributed by atoms with Gasteiger partial charge in [-0.05, 0) is 33.7 Å². The van der Waals surface area contributed by atoms with Crippen molar-refractivity contribution < 1.29 is 14.6 Å². The summed E-state index contributed by atoms with van der Waals surface area (Å²) in [6.07, 6.45) is 0.101. The molecule has 2 fully saturated rings. The molecule has 0 unspecified atom stereocenters. The molecule has 2 rings (SSSR count). The van der Waals surface area contributed by atoms with Gasteiger partial charge in [-0.3, -0.25) is 0 Å². The number of carbonyl (C=O) groups excluding carboxylic acids is 1. The topological polar surface area (TPSA) is 61.8 Å². The van der Waals surface area contributed by atoms with E-state index in [1.54, 1.807) is 4.90 Å². The van der Waals surface area contributed by atoms with E-state index in [0.29, 0.717) is 6.54 Å².